The van der Waals surface area contributed by atoms with Gasteiger partial charge in [0.2, 0.25) is 11.8 Å². The zero-order valence-electron chi connectivity index (χ0n) is 16.1. The van der Waals surface area contributed by atoms with Crippen molar-refractivity contribution in [2.75, 3.05) is 23.4 Å². The summed E-state index contributed by atoms with van der Waals surface area (Å²) in [7, 11) is 0. The maximum absolute atomic E-state index is 13.1. The first kappa shape index (κ1) is 19.6. The van der Waals surface area contributed by atoms with Crippen molar-refractivity contribution in [3.05, 3.63) is 60.2 Å². The number of para-hydroxylation sites is 1. The Balaban J connectivity index is 1.71. The zero-order chi connectivity index (χ0) is 20.1. The summed E-state index contributed by atoms with van der Waals surface area (Å²) >= 11 is 0. The van der Waals surface area contributed by atoms with E-state index in [1.54, 1.807) is 36.1 Å². The van der Waals surface area contributed by atoms with Gasteiger partial charge in [0.1, 0.15) is 5.41 Å². The molecule has 0 atom stereocenters. The molecular weight excluding hydrogens is 356 g/mol. The van der Waals surface area contributed by atoms with E-state index in [9.17, 15) is 14.4 Å². The lowest BCUT2D eigenvalue weighted by molar-refractivity contribution is -0.132. The molecule has 0 heterocycles. The Hall–Kier alpha value is -3.15. The van der Waals surface area contributed by atoms with Crippen LogP contribution in [0.25, 0.3) is 0 Å². The van der Waals surface area contributed by atoms with Gasteiger partial charge in [0.15, 0.2) is 0 Å². The fraction of sp³-hybridized carbons (Fsp3) is 0.318. The van der Waals surface area contributed by atoms with Gasteiger partial charge in [0.25, 0.3) is 0 Å². The van der Waals surface area contributed by atoms with Crippen molar-refractivity contribution in [2.45, 2.75) is 26.7 Å². The van der Waals surface area contributed by atoms with Gasteiger partial charge >= 0.3 is 5.97 Å². The summed E-state index contributed by atoms with van der Waals surface area (Å²) in [5.74, 6) is -0.895. The predicted molar refractivity (Wildman–Crippen MR) is 107 cm³/mol. The second kappa shape index (κ2) is 8.25. The van der Waals surface area contributed by atoms with Crippen LogP contribution in [0.15, 0.2) is 54.6 Å². The third kappa shape index (κ3) is 3.91. The molecule has 0 unspecified atom stereocenters. The summed E-state index contributed by atoms with van der Waals surface area (Å²) in [6.45, 7) is 4.43. The van der Waals surface area contributed by atoms with Gasteiger partial charge in [-0.3, -0.25) is 9.59 Å². The molecule has 0 saturated heterocycles. The van der Waals surface area contributed by atoms with Crippen molar-refractivity contribution in [3.8, 4) is 0 Å². The molecule has 146 valence electrons. The van der Waals surface area contributed by atoms with Crippen LogP contribution >= 0.6 is 0 Å². The highest BCUT2D eigenvalue weighted by Gasteiger charge is 2.58. The van der Waals surface area contributed by atoms with Crippen LogP contribution in [-0.4, -0.2) is 30.9 Å². The molecule has 0 aromatic heterocycles. The van der Waals surface area contributed by atoms with Gasteiger partial charge in [0.05, 0.1) is 12.2 Å². The lowest BCUT2D eigenvalue weighted by Crippen LogP contribution is -2.43. The second-order valence-electron chi connectivity index (χ2n) is 6.72. The van der Waals surface area contributed by atoms with E-state index in [2.05, 4.69) is 5.32 Å². The SMILES string of the molecule is CCOC(=O)c1ccc(NC(=O)C2(C(=O)N(CC)c3ccccc3)CC2)cc1. The summed E-state index contributed by atoms with van der Waals surface area (Å²) in [4.78, 5) is 39.3. The van der Waals surface area contributed by atoms with Crippen molar-refractivity contribution in [1.82, 2.24) is 0 Å². The molecule has 2 aromatic rings. The average molecular weight is 380 g/mol. The lowest BCUT2D eigenvalue weighted by Gasteiger charge is -2.26. The van der Waals surface area contributed by atoms with Crippen LogP contribution in [0.5, 0.6) is 0 Å². The molecule has 6 heteroatoms. The van der Waals surface area contributed by atoms with Gasteiger partial charge in [0, 0.05) is 17.9 Å². The number of nitrogens with zero attached hydrogens (tertiary/aromatic N) is 1. The summed E-state index contributed by atoms with van der Waals surface area (Å²) in [5, 5.41) is 2.82. The number of benzene rings is 2. The molecule has 2 amide bonds. The molecule has 1 aliphatic carbocycles. The molecule has 1 fully saturated rings. The van der Waals surface area contributed by atoms with Crippen LogP contribution in [0.3, 0.4) is 0 Å². The first-order chi connectivity index (χ1) is 13.5. The van der Waals surface area contributed by atoms with E-state index >= 15 is 0 Å². The predicted octanol–water partition coefficient (Wildman–Crippen LogP) is 3.64. The average Bonchev–Trinajstić information content (AvgIpc) is 3.52. The largest absolute Gasteiger partial charge is 0.462 e. The fourth-order valence-corrected chi connectivity index (χ4v) is 3.13. The molecule has 2 aromatic carbocycles. The normalized spacial score (nSPS) is 14.1. The van der Waals surface area contributed by atoms with Crippen molar-refractivity contribution >= 4 is 29.2 Å². The lowest BCUT2D eigenvalue weighted by atomic mass is 10.0. The molecule has 0 aliphatic heterocycles. The van der Waals surface area contributed by atoms with E-state index in [1.807, 2.05) is 37.3 Å². The molecule has 6 nitrogen and oxygen atoms in total. The first-order valence-corrected chi connectivity index (χ1v) is 9.47. The van der Waals surface area contributed by atoms with E-state index in [-0.39, 0.29) is 11.8 Å². The number of hydrogen-bond donors (Lipinski definition) is 1. The standard InChI is InChI=1S/C22H24N2O4/c1-3-24(18-8-6-5-7-9-18)21(27)22(14-15-22)20(26)23-17-12-10-16(11-13-17)19(25)28-4-2/h5-13H,3-4,14-15H2,1-2H3,(H,23,26). The summed E-state index contributed by atoms with van der Waals surface area (Å²) < 4.78 is 4.95. The van der Waals surface area contributed by atoms with Crippen LogP contribution in [0, 0.1) is 5.41 Å². The van der Waals surface area contributed by atoms with Crippen molar-refractivity contribution < 1.29 is 19.1 Å². The van der Waals surface area contributed by atoms with Crippen molar-refractivity contribution in [2.24, 2.45) is 5.41 Å². The van der Waals surface area contributed by atoms with Gasteiger partial charge in [-0.1, -0.05) is 18.2 Å². The highest BCUT2D eigenvalue weighted by molar-refractivity contribution is 6.17. The molecule has 28 heavy (non-hydrogen) atoms. The number of carbonyl (C=O) groups is 3. The van der Waals surface area contributed by atoms with Gasteiger partial charge in [-0.15, -0.1) is 0 Å². The Kier molecular flexibility index (Phi) is 5.78. The van der Waals surface area contributed by atoms with Gasteiger partial charge in [-0.25, -0.2) is 4.79 Å². The Bertz CT molecular complexity index is 858. The minimum Gasteiger partial charge on any atom is -0.462 e. The number of carbonyl (C=O) groups excluding carboxylic acids is 3. The Morgan fingerprint density at radius 1 is 1.00 bits per heavy atom. The van der Waals surface area contributed by atoms with E-state index in [1.165, 1.54) is 0 Å². The van der Waals surface area contributed by atoms with Gasteiger partial charge < -0.3 is 15.0 Å². The monoisotopic (exact) mass is 380 g/mol. The molecule has 0 bridgehead atoms. The minimum absolute atomic E-state index is 0.179. The highest BCUT2D eigenvalue weighted by atomic mass is 16.5. The Morgan fingerprint density at radius 3 is 2.18 bits per heavy atom. The molecule has 1 aliphatic rings. The molecule has 1 N–H and O–H groups in total. The van der Waals surface area contributed by atoms with Gasteiger partial charge in [-0.05, 0) is 63.1 Å². The first-order valence-electron chi connectivity index (χ1n) is 9.47. The minimum atomic E-state index is -1.02. The van der Waals surface area contributed by atoms with Crippen LogP contribution in [-0.2, 0) is 14.3 Å². The summed E-state index contributed by atoms with van der Waals surface area (Å²) in [6.07, 6.45) is 1.06. The quantitative estimate of drug-likeness (QED) is 0.588. The molecular formula is C22H24N2O4. The molecule has 3 rings (SSSR count). The number of anilines is 2. The maximum Gasteiger partial charge on any atom is 0.338 e. The summed E-state index contributed by atoms with van der Waals surface area (Å²) in [5.41, 5.74) is 0.720. The second-order valence-corrected chi connectivity index (χ2v) is 6.72. The molecule has 0 radical (unpaired) electrons. The van der Waals surface area contributed by atoms with Gasteiger partial charge in [-0.2, -0.15) is 0 Å². The maximum atomic E-state index is 13.1. The van der Waals surface area contributed by atoms with E-state index in [0.717, 1.165) is 5.69 Å². The van der Waals surface area contributed by atoms with E-state index in [0.29, 0.717) is 37.2 Å². The van der Waals surface area contributed by atoms with Crippen LogP contribution < -0.4 is 10.2 Å². The topological polar surface area (TPSA) is 75.7 Å². The number of amides is 2. The fourth-order valence-electron chi connectivity index (χ4n) is 3.13. The third-order valence-electron chi connectivity index (χ3n) is 4.88. The number of rotatable bonds is 7. The van der Waals surface area contributed by atoms with E-state index < -0.39 is 11.4 Å². The Labute approximate surface area is 164 Å². The van der Waals surface area contributed by atoms with E-state index in [4.69, 9.17) is 4.74 Å². The molecule has 1 saturated carbocycles. The number of hydrogen-bond acceptors (Lipinski definition) is 4. The Morgan fingerprint density at radius 2 is 1.64 bits per heavy atom. The number of esters is 1. The summed E-state index contributed by atoms with van der Waals surface area (Å²) in [6, 6.07) is 15.8. The van der Waals surface area contributed by atoms with Crippen LogP contribution in [0.2, 0.25) is 0 Å². The van der Waals surface area contributed by atoms with Crippen LogP contribution in [0.1, 0.15) is 37.0 Å². The van der Waals surface area contributed by atoms with Crippen LogP contribution in [0.4, 0.5) is 11.4 Å². The van der Waals surface area contributed by atoms with Crippen molar-refractivity contribution in [1.29, 1.82) is 0 Å². The molecule has 0 spiro atoms. The smallest absolute Gasteiger partial charge is 0.338 e. The zero-order valence-corrected chi connectivity index (χ0v) is 16.1. The third-order valence-corrected chi connectivity index (χ3v) is 4.88. The van der Waals surface area contributed by atoms with Crippen molar-refractivity contribution in [3.63, 3.8) is 0 Å². The highest BCUT2D eigenvalue weighted by Crippen LogP contribution is 2.48. The number of nitrogens with one attached hydrogen (secondary N) is 1. The number of ether oxygens (including phenoxy) is 1.